The largest absolute Gasteiger partial charge is 0.344 e. The lowest BCUT2D eigenvalue weighted by Crippen LogP contribution is -2.33. The minimum absolute atomic E-state index is 0.137. The quantitative estimate of drug-likeness (QED) is 0.881. The zero-order valence-electron chi connectivity index (χ0n) is 12.6. The van der Waals surface area contributed by atoms with E-state index >= 15 is 0 Å². The number of nitrogens with zero attached hydrogens (tertiary/aromatic N) is 3. The molecule has 1 atom stereocenters. The van der Waals surface area contributed by atoms with Gasteiger partial charge in [0.2, 0.25) is 0 Å². The first kappa shape index (κ1) is 15.0. The van der Waals surface area contributed by atoms with Gasteiger partial charge in [-0.1, -0.05) is 0 Å². The van der Waals surface area contributed by atoms with Crippen LogP contribution in [0.3, 0.4) is 0 Å². The molecule has 21 heavy (non-hydrogen) atoms. The van der Waals surface area contributed by atoms with E-state index in [1.165, 1.54) is 12.4 Å². The van der Waals surface area contributed by atoms with Crippen molar-refractivity contribution in [3.63, 3.8) is 0 Å². The highest BCUT2D eigenvalue weighted by atomic mass is 16.2. The molecule has 0 radical (unpaired) electrons. The summed E-state index contributed by atoms with van der Waals surface area (Å²) >= 11 is 0. The molecule has 0 spiro atoms. The molecule has 112 valence electrons. The number of hydrogen-bond acceptors (Lipinski definition) is 4. The minimum Gasteiger partial charge on any atom is -0.344 e. The third-order valence-corrected chi connectivity index (χ3v) is 3.44. The van der Waals surface area contributed by atoms with Gasteiger partial charge >= 0.3 is 0 Å². The monoisotopic (exact) mass is 289 g/mol. The van der Waals surface area contributed by atoms with E-state index in [-0.39, 0.29) is 11.7 Å². The number of rotatable bonds is 4. The average Bonchev–Trinajstić information content (AvgIpc) is 2.73. The molecule has 7 nitrogen and oxygen atoms in total. The van der Waals surface area contributed by atoms with Crippen molar-refractivity contribution < 1.29 is 4.79 Å². The number of carbonyl (C=O) groups excluding carboxylic acids is 1. The lowest BCUT2D eigenvalue weighted by Gasteiger charge is -2.14. The number of aryl methyl sites for hydroxylation is 2. The fourth-order valence-electron chi connectivity index (χ4n) is 2.50. The maximum atomic E-state index is 12.1. The van der Waals surface area contributed by atoms with E-state index in [9.17, 15) is 9.59 Å². The van der Waals surface area contributed by atoms with Gasteiger partial charge in [0, 0.05) is 30.2 Å². The van der Waals surface area contributed by atoms with Crippen molar-refractivity contribution in [3.8, 4) is 0 Å². The summed E-state index contributed by atoms with van der Waals surface area (Å²) in [6.07, 6.45) is 2.77. The van der Waals surface area contributed by atoms with Crippen molar-refractivity contribution >= 4 is 5.91 Å². The minimum atomic E-state index is -0.500. The summed E-state index contributed by atoms with van der Waals surface area (Å²) in [5, 5.41) is 7.23. The Bertz CT molecular complexity index is 716. The van der Waals surface area contributed by atoms with Crippen molar-refractivity contribution in [3.05, 3.63) is 45.4 Å². The molecule has 0 fully saturated rings. The van der Waals surface area contributed by atoms with E-state index in [1.807, 2.05) is 32.4 Å². The van der Waals surface area contributed by atoms with E-state index in [4.69, 9.17) is 0 Å². The molecule has 2 rings (SSSR count). The van der Waals surface area contributed by atoms with E-state index in [2.05, 4.69) is 20.4 Å². The van der Waals surface area contributed by atoms with E-state index in [0.29, 0.717) is 0 Å². The maximum absolute atomic E-state index is 12.1. The number of aromatic amines is 1. The fraction of sp³-hybridized carbons (Fsp3) is 0.429. The Kier molecular flexibility index (Phi) is 4.21. The predicted molar refractivity (Wildman–Crippen MR) is 78.1 cm³/mol. The van der Waals surface area contributed by atoms with Gasteiger partial charge in [-0.2, -0.15) is 5.10 Å². The topological polar surface area (TPSA) is 92.7 Å². The Morgan fingerprint density at radius 3 is 2.76 bits per heavy atom. The lowest BCUT2D eigenvalue weighted by atomic mass is 10.1. The molecule has 0 aliphatic heterocycles. The normalized spacial score (nSPS) is 12.2. The van der Waals surface area contributed by atoms with E-state index in [0.717, 1.165) is 23.5 Å². The molecular formula is C14H19N5O2. The number of hydrogen-bond donors (Lipinski definition) is 2. The standard InChI is InChI=1S/C14H19N5O2/c1-5-19-10(4)11(9(3)18-19)8(2)17-14(21)12-13(20)16-7-6-15-12/h6-8H,5H2,1-4H3,(H,16,20)(H,17,21)/t8-/m1/s1. The first-order chi connectivity index (χ1) is 9.95. The summed E-state index contributed by atoms with van der Waals surface area (Å²) < 4.78 is 1.89. The van der Waals surface area contributed by atoms with Crippen LogP contribution in [0, 0.1) is 13.8 Å². The van der Waals surface area contributed by atoms with Crippen molar-refractivity contribution in [1.82, 2.24) is 25.1 Å². The van der Waals surface area contributed by atoms with Gasteiger partial charge in [-0.3, -0.25) is 14.3 Å². The van der Waals surface area contributed by atoms with Gasteiger partial charge in [0.15, 0.2) is 5.69 Å². The summed E-state index contributed by atoms with van der Waals surface area (Å²) in [7, 11) is 0. The number of carbonyl (C=O) groups is 1. The average molecular weight is 289 g/mol. The Hall–Kier alpha value is -2.44. The van der Waals surface area contributed by atoms with Gasteiger partial charge in [0.05, 0.1) is 11.7 Å². The predicted octanol–water partition coefficient (Wildman–Crippen LogP) is 1.09. The van der Waals surface area contributed by atoms with Gasteiger partial charge in [-0.25, -0.2) is 4.98 Å². The van der Waals surface area contributed by atoms with Crippen LogP contribution >= 0.6 is 0 Å². The third kappa shape index (κ3) is 2.86. The van der Waals surface area contributed by atoms with Crippen molar-refractivity contribution in [2.45, 2.75) is 40.3 Å². The molecular weight excluding hydrogens is 270 g/mol. The molecule has 2 N–H and O–H groups in total. The summed E-state index contributed by atoms with van der Waals surface area (Å²) in [4.78, 5) is 29.9. The summed E-state index contributed by atoms with van der Waals surface area (Å²) in [6.45, 7) is 8.53. The van der Waals surface area contributed by atoms with Crippen molar-refractivity contribution in [2.75, 3.05) is 0 Å². The molecule has 2 aromatic rings. The zero-order chi connectivity index (χ0) is 15.6. The Morgan fingerprint density at radius 2 is 2.19 bits per heavy atom. The number of H-pyrrole nitrogens is 1. The number of amides is 1. The van der Waals surface area contributed by atoms with Crippen LogP contribution in [-0.4, -0.2) is 25.7 Å². The molecule has 0 aliphatic rings. The molecule has 1 amide bonds. The van der Waals surface area contributed by atoms with Crippen LogP contribution in [0.2, 0.25) is 0 Å². The molecule has 0 aromatic carbocycles. The molecule has 0 bridgehead atoms. The van der Waals surface area contributed by atoms with Crippen LogP contribution in [0.15, 0.2) is 17.2 Å². The molecule has 2 aromatic heterocycles. The highest BCUT2D eigenvalue weighted by molar-refractivity contribution is 5.92. The second-order valence-electron chi connectivity index (χ2n) is 4.86. The molecule has 0 saturated heterocycles. The first-order valence-corrected chi connectivity index (χ1v) is 6.84. The van der Waals surface area contributed by atoms with Gasteiger partial charge in [-0.05, 0) is 27.7 Å². The summed E-state index contributed by atoms with van der Waals surface area (Å²) in [6, 6.07) is -0.251. The number of nitrogens with one attached hydrogen (secondary N) is 2. The van der Waals surface area contributed by atoms with Crippen molar-refractivity contribution in [2.24, 2.45) is 0 Å². The second kappa shape index (κ2) is 5.90. The first-order valence-electron chi connectivity index (χ1n) is 6.84. The van der Waals surface area contributed by atoms with Gasteiger partial charge < -0.3 is 10.3 Å². The van der Waals surface area contributed by atoms with Crippen LogP contribution in [0.5, 0.6) is 0 Å². The van der Waals surface area contributed by atoms with E-state index < -0.39 is 11.5 Å². The Morgan fingerprint density at radius 1 is 1.48 bits per heavy atom. The maximum Gasteiger partial charge on any atom is 0.279 e. The number of aromatic nitrogens is 4. The SMILES string of the molecule is CCn1nc(C)c([C@@H](C)NC(=O)c2ncc[nH]c2=O)c1C. The lowest BCUT2D eigenvalue weighted by molar-refractivity contribution is 0.0933. The molecule has 2 heterocycles. The van der Waals surface area contributed by atoms with Gasteiger partial charge in [-0.15, -0.1) is 0 Å². The van der Waals surface area contributed by atoms with Crippen LogP contribution in [0.1, 0.15) is 47.3 Å². The highest BCUT2D eigenvalue weighted by Crippen LogP contribution is 2.21. The van der Waals surface area contributed by atoms with Crippen LogP contribution in [0.4, 0.5) is 0 Å². The molecule has 0 saturated carbocycles. The van der Waals surface area contributed by atoms with Crippen molar-refractivity contribution in [1.29, 1.82) is 0 Å². The molecule has 0 aliphatic carbocycles. The highest BCUT2D eigenvalue weighted by Gasteiger charge is 2.21. The third-order valence-electron chi connectivity index (χ3n) is 3.44. The van der Waals surface area contributed by atoms with Crippen LogP contribution < -0.4 is 10.9 Å². The van der Waals surface area contributed by atoms with Crippen LogP contribution in [0.25, 0.3) is 0 Å². The van der Waals surface area contributed by atoms with Gasteiger partial charge in [0.1, 0.15) is 0 Å². The van der Waals surface area contributed by atoms with Gasteiger partial charge in [0.25, 0.3) is 11.5 Å². The smallest absolute Gasteiger partial charge is 0.279 e. The van der Waals surface area contributed by atoms with Crippen LogP contribution in [-0.2, 0) is 6.54 Å². The Labute approximate surface area is 122 Å². The second-order valence-corrected chi connectivity index (χ2v) is 4.86. The fourth-order valence-corrected chi connectivity index (χ4v) is 2.50. The Balaban J connectivity index is 2.25. The summed E-state index contributed by atoms with van der Waals surface area (Å²) in [5.74, 6) is -0.493. The summed E-state index contributed by atoms with van der Waals surface area (Å²) in [5.41, 5.74) is 2.22. The molecule has 7 heteroatoms. The van der Waals surface area contributed by atoms with E-state index in [1.54, 1.807) is 0 Å². The zero-order valence-corrected chi connectivity index (χ0v) is 12.6. The molecule has 0 unspecified atom stereocenters.